The molecule has 1 aliphatic rings. The first-order valence-electron chi connectivity index (χ1n) is 10.5. The molecule has 4 rings (SSSR count). The lowest BCUT2D eigenvalue weighted by Gasteiger charge is -2.19. The number of carbonyl (C=O) groups excluding carboxylic acids is 2. The minimum atomic E-state index is -5.11. The molecule has 0 aliphatic carbocycles. The van der Waals surface area contributed by atoms with E-state index < -0.39 is 30.0 Å². The Labute approximate surface area is 204 Å². The highest BCUT2D eigenvalue weighted by atomic mass is 32.1. The minimum absolute atomic E-state index is 0.0279. The van der Waals surface area contributed by atoms with Crippen molar-refractivity contribution in [1.29, 1.82) is 0 Å². The third kappa shape index (κ3) is 6.17. The highest BCUT2D eigenvalue weighted by Gasteiger charge is 2.39. The minimum Gasteiger partial charge on any atom is -0.345 e. The number of amides is 2. The number of alkyl halides is 6. The van der Waals surface area contributed by atoms with Crippen molar-refractivity contribution in [2.45, 2.75) is 44.1 Å². The molecule has 2 aromatic heterocycles. The summed E-state index contributed by atoms with van der Waals surface area (Å²) in [7, 11) is 0. The van der Waals surface area contributed by atoms with E-state index in [1.54, 1.807) is 12.1 Å². The molecule has 2 amide bonds. The van der Waals surface area contributed by atoms with Gasteiger partial charge in [-0.3, -0.25) is 14.6 Å². The van der Waals surface area contributed by atoms with Gasteiger partial charge in [0.1, 0.15) is 15.7 Å². The van der Waals surface area contributed by atoms with Crippen molar-refractivity contribution < 1.29 is 35.9 Å². The molecule has 0 unspecified atom stereocenters. The Kier molecular flexibility index (Phi) is 6.98. The number of rotatable bonds is 7. The van der Waals surface area contributed by atoms with Gasteiger partial charge in [0.2, 0.25) is 5.91 Å². The smallest absolute Gasteiger partial charge is 0.345 e. The number of halogens is 6. The van der Waals surface area contributed by atoms with Gasteiger partial charge in [0.15, 0.2) is 0 Å². The molecule has 2 N–H and O–H groups in total. The molecule has 0 radical (unpaired) electrons. The normalized spacial score (nSPS) is 14.3. The zero-order valence-electron chi connectivity index (χ0n) is 18.2. The van der Waals surface area contributed by atoms with Crippen LogP contribution in [0.1, 0.15) is 28.2 Å². The number of fused-ring (bicyclic) bond motifs is 1. The molecule has 3 aromatic rings. The number of nitrogens with zero attached hydrogens (tertiary/aromatic N) is 3. The maximum atomic E-state index is 12.8. The zero-order valence-corrected chi connectivity index (χ0v) is 19.0. The van der Waals surface area contributed by atoms with E-state index in [-0.39, 0.29) is 37.2 Å². The topological polar surface area (TPSA) is 96.9 Å². The van der Waals surface area contributed by atoms with E-state index in [0.29, 0.717) is 10.0 Å². The fourth-order valence-electron chi connectivity index (χ4n) is 3.62. The highest BCUT2D eigenvalue weighted by molar-refractivity contribution is 7.14. The van der Waals surface area contributed by atoms with Crippen LogP contribution in [0.25, 0.3) is 10.6 Å². The van der Waals surface area contributed by atoms with Gasteiger partial charge in [-0.15, -0.1) is 10.2 Å². The molecule has 7 nitrogen and oxygen atoms in total. The molecule has 3 heterocycles. The van der Waals surface area contributed by atoms with E-state index in [2.05, 4.69) is 20.5 Å². The average molecular weight is 529 g/mol. The summed E-state index contributed by atoms with van der Waals surface area (Å²) >= 11 is 1.21. The van der Waals surface area contributed by atoms with Gasteiger partial charge in [0.25, 0.3) is 0 Å². The molecule has 0 saturated heterocycles. The summed E-state index contributed by atoms with van der Waals surface area (Å²) in [6.45, 7) is 0. The Balaban J connectivity index is 1.45. The largest absolute Gasteiger partial charge is 0.471 e. The Morgan fingerprint density at radius 1 is 1.11 bits per heavy atom. The molecule has 0 bridgehead atoms. The van der Waals surface area contributed by atoms with Crippen LogP contribution >= 0.6 is 11.3 Å². The first-order valence-corrected chi connectivity index (χ1v) is 11.4. The van der Waals surface area contributed by atoms with Gasteiger partial charge in [-0.25, -0.2) is 0 Å². The number of hydrogen-bond acceptors (Lipinski definition) is 6. The quantitative estimate of drug-likeness (QED) is 0.444. The van der Waals surface area contributed by atoms with Crippen LogP contribution in [0, 0.1) is 0 Å². The second kappa shape index (κ2) is 9.84. The molecule has 1 aromatic carbocycles. The summed E-state index contributed by atoms with van der Waals surface area (Å²) in [6.07, 6.45) is -8.57. The third-order valence-corrected chi connectivity index (χ3v) is 6.37. The van der Waals surface area contributed by atoms with Crippen LogP contribution in [-0.2, 0) is 35.0 Å². The van der Waals surface area contributed by atoms with Gasteiger partial charge in [-0.05, 0) is 48.2 Å². The van der Waals surface area contributed by atoms with Gasteiger partial charge in [-0.1, -0.05) is 17.4 Å². The fraction of sp³-hybridized carbons (Fsp3) is 0.318. The number of aromatic nitrogens is 3. The molecule has 0 fully saturated rings. The number of anilines is 1. The monoisotopic (exact) mass is 529 g/mol. The number of pyridine rings is 1. The van der Waals surface area contributed by atoms with Crippen LogP contribution in [0.5, 0.6) is 0 Å². The molecule has 0 saturated carbocycles. The van der Waals surface area contributed by atoms with E-state index in [1.807, 2.05) is 11.4 Å². The maximum absolute atomic E-state index is 12.8. The Morgan fingerprint density at radius 3 is 2.56 bits per heavy atom. The fourth-order valence-corrected chi connectivity index (χ4v) is 4.47. The Morgan fingerprint density at radius 2 is 1.89 bits per heavy atom. The first-order chi connectivity index (χ1) is 16.9. The van der Waals surface area contributed by atoms with Crippen molar-refractivity contribution in [3.05, 3.63) is 58.4 Å². The molecular formula is C22H17F6N5O2S. The standard InChI is InChI=1S/C22H17F6N5O2S/c23-21(24,25)16-5-1-11(10-29-16)7-14(30-20(35)22(26,27)28)3-6-18-32-33-19(36-18)12-2-4-15-13(8-12)9-17(34)31-15/h1-2,4-5,8,10,14H,3,6-7,9H2,(H,30,35)(H,31,34)/t14-/m1/s1. The lowest BCUT2D eigenvalue weighted by Crippen LogP contribution is -2.44. The number of carbonyl (C=O) groups is 2. The van der Waals surface area contributed by atoms with Crippen molar-refractivity contribution >= 4 is 28.8 Å². The van der Waals surface area contributed by atoms with E-state index >= 15 is 0 Å². The number of benzene rings is 1. The predicted molar refractivity (Wildman–Crippen MR) is 117 cm³/mol. The molecular weight excluding hydrogens is 512 g/mol. The highest BCUT2D eigenvalue weighted by Crippen LogP contribution is 2.31. The molecule has 36 heavy (non-hydrogen) atoms. The summed E-state index contributed by atoms with van der Waals surface area (Å²) in [4.78, 5) is 26.4. The van der Waals surface area contributed by atoms with Crippen molar-refractivity contribution in [3.63, 3.8) is 0 Å². The summed E-state index contributed by atoms with van der Waals surface area (Å²) in [5, 5.41) is 13.8. The number of hydrogen-bond donors (Lipinski definition) is 2. The summed E-state index contributed by atoms with van der Waals surface area (Å²) in [5.74, 6) is -2.26. The number of nitrogens with one attached hydrogen (secondary N) is 2. The Bertz CT molecular complexity index is 1270. The van der Waals surface area contributed by atoms with Crippen molar-refractivity contribution in [2.24, 2.45) is 0 Å². The van der Waals surface area contributed by atoms with Crippen molar-refractivity contribution in [2.75, 3.05) is 5.32 Å². The van der Waals surface area contributed by atoms with Crippen molar-refractivity contribution in [1.82, 2.24) is 20.5 Å². The van der Waals surface area contributed by atoms with E-state index in [0.717, 1.165) is 35.1 Å². The second-order valence-electron chi connectivity index (χ2n) is 8.06. The van der Waals surface area contributed by atoms with Gasteiger partial charge in [0, 0.05) is 29.9 Å². The molecule has 0 spiro atoms. The molecule has 1 aliphatic heterocycles. The summed E-state index contributed by atoms with van der Waals surface area (Å²) in [5.41, 5.74) is 1.36. The lowest BCUT2D eigenvalue weighted by molar-refractivity contribution is -0.174. The van der Waals surface area contributed by atoms with Gasteiger partial charge >= 0.3 is 18.3 Å². The third-order valence-electron chi connectivity index (χ3n) is 5.34. The Hall–Kier alpha value is -3.55. The van der Waals surface area contributed by atoms with Crippen LogP contribution in [0.3, 0.4) is 0 Å². The summed E-state index contributed by atoms with van der Waals surface area (Å²) < 4.78 is 76.6. The van der Waals surface area contributed by atoms with Crippen LogP contribution in [0.4, 0.5) is 32.0 Å². The average Bonchev–Trinajstić information content (AvgIpc) is 3.41. The zero-order chi connectivity index (χ0) is 26.1. The predicted octanol–water partition coefficient (Wildman–Crippen LogP) is 4.34. The van der Waals surface area contributed by atoms with E-state index in [1.165, 1.54) is 11.3 Å². The summed E-state index contributed by atoms with van der Waals surface area (Å²) in [6, 6.07) is 6.12. The SMILES string of the molecule is O=C1Cc2cc(-c3nnc(CC[C@H](Cc4ccc(C(F)(F)F)nc4)NC(=O)C(F)(F)F)s3)ccc2N1. The van der Waals surface area contributed by atoms with Gasteiger partial charge in [-0.2, -0.15) is 26.3 Å². The van der Waals surface area contributed by atoms with Crippen LogP contribution < -0.4 is 10.6 Å². The lowest BCUT2D eigenvalue weighted by atomic mass is 10.0. The van der Waals surface area contributed by atoms with Crippen molar-refractivity contribution in [3.8, 4) is 10.6 Å². The molecule has 14 heteroatoms. The second-order valence-corrected chi connectivity index (χ2v) is 9.12. The van der Waals surface area contributed by atoms with Gasteiger partial charge < -0.3 is 10.6 Å². The van der Waals surface area contributed by atoms with E-state index in [9.17, 15) is 35.9 Å². The molecule has 190 valence electrons. The van der Waals surface area contributed by atoms with Crippen LogP contribution in [0.15, 0.2) is 36.5 Å². The van der Waals surface area contributed by atoms with E-state index in [4.69, 9.17) is 0 Å². The van der Waals surface area contributed by atoms with Crippen LogP contribution in [0.2, 0.25) is 0 Å². The molecule has 1 atom stereocenters. The maximum Gasteiger partial charge on any atom is 0.471 e. The number of aryl methyl sites for hydroxylation is 1. The van der Waals surface area contributed by atoms with Gasteiger partial charge in [0.05, 0.1) is 6.42 Å². The first kappa shape index (κ1) is 25.5. The van der Waals surface area contributed by atoms with Crippen LogP contribution in [-0.4, -0.2) is 39.2 Å².